The van der Waals surface area contributed by atoms with Crippen LogP contribution in [0.4, 0.5) is 0 Å². The maximum atomic E-state index is 13.6. The molecule has 6 heteroatoms. The molecule has 1 aliphatic carbocycles. The Morgan fingerprint density at radius 3 is 2.86 bits per heavy atom. The number of nitrogens with one attached hydrogen (secondary N) is 1. The van der Waals surface area contributed by atoms with Crippen molar-refractivity contribution in [2.24, 2.45) is 0 Å². The van der Waals surface area contributed by atoms with Crippen LogP contribution in [-0.2, 0) is 24.2 Å². The fraction of sp³-hybridized carbons (Fsp3) is 0.435. The number of benzene rings is 1. The summed E-state index contributed by atoms with van der Waals surface area (Å²) in [6.45, 7) is 6.00. The standard InChI is InChI=1S/C23H27N3O2S/c1-4-15(3)24-19(27)13-26-21(16-9-7-8-14(2)12-16)25-22-20(23(26)28)17-10-5-6-11-18(17)29-22/h7-9,12,15H,4-6,10-11,13H2,1-3H3,(H,24,27). The van der Waals surface area contributed by atoms with Crippen LogP contribution in [0.5, 0.6) is 0 Å². The van der Waals surface area contributed by atoms with E-state index in [2.05, 4.69) is 5.32 Å². The van der Waals surface area contributed by atoms with Crippen molar-refractivity contribution >= 4 is 27.5 Å². The fourth-order valence-corrected chi connectivity index (χ4v) is 5.21. The number of rotatable bonds is 5. The lowest BCUT2D eigenvalue weighted by atomic mass is 9.97. The zero-order chi connectivity index (χ0) is 20.5. The van der Waals surface area contributed by atoms with E-state index in [0.717, 1.165) is 59.0 Å². The van der Waals surface area contributed by atoms with Crippen LogP contribution in [0.2, 0.25) is 0 Å². The van der Waals surface area contributed by atoms with Crippen LogP contribution in [0.25, 0.3) is 21.6 Å². The molecular weight excluding hydrogens is 382 g/mol. The number of carbonyl (C=O) groups excluding carboxylic acids is 1. The maximum Gasteiger partial charge on any atom is 0.263 e. The summed E-state index contributed by atoms with van der Waals surface area (Å²) in [6.07, 6.45) is 5.06. The van der Waals surface area contributed by atoms with Gasteiger partial charge in [0, 0.05) is 16.5 Å². The lowest BCUT2D eigenvalue weighted by Gasteiger charge is -2.16. The Labute approximate surface area is 174 Å². The minimum atomic E-state index is -0.152. The van der Waals surface area contributed by atoms with Crippen molar-refractivity contribution < 1.29 is 4.79 Å². The van der Waals surface area contributed by atoms with E-state index in [1.54, 1.807) is 15.9 Å². The second kappa shape index (κ2) is 8.11. The highest BCUT2D eigenvalue weighted by molar-refractivity contribution is 7.18. The first-order valence-corrected chi connectivity index (χ1v) is 11.2. The lowest BCUT2D eigenvalue weighted by molar-refractivity contribution is -0.122. The smallest absolute Gasteiger partial charge is 0.263 e. The quantitative estimate of drug-likeness (QED) is 0.686. The van der Waals surface area contributed by atoms with Crippen molar-refractivity contribution in [1.29, 1.82) is 0 Å². The van der Waals surface area contributed by atoms with Gasteiger partial charge in [-0.1, -0.05) is 30.7 Å². The van der Waals surface area contributed by atoms with Crippen LogP contribution in [0.15, 0.2) is 29.1 Å². The van der Waals surface area contributed by atoms with E-state index >= 15 is 0 Å². The number of thiophene rings is 1. The molecule has 1 atom stereocenters. The third-order valence-electron chi connectivity index (χ3n) is 5.67. The largest absolute Gasteiger partial charge is 0.352 e. The fourth-order valence-electron chi connectivity index (χ4n) is 3.96. The van der Waals surface area contributed by atoms with Gasteiger partial charge in [-0.05, 0) is 57.6 Å². The highest BCUT2D eigenvalue weighted by Crippen LogP contribution is 2.34. The molecule has 0 spiro atoms. The molecule has 2 heterocycles. The molecule has 1 aliphatic rings. The molecule has 29 heavy (non-hydrogen) atoms. The Kier molecular flexibility index (Phi) is 5.54. The molecule has 0 radical (unpaired) electrons. The average Bonchev–Trinajstić information content (AvgIpc) is 3.08. The van der Waals surface area contributed by atoms with Crippen LogP contribution >= 0.6 is 11.3 Å². The molecule has 1 unspecified atom stereocenters. The summed E-state index contributed by atoms with van der Waals surface area (Å²) in [5.74, 6) is 0.421. The summed E-state index contributed by atoms with van der Waals surface area (Å²) in [4.78, 5) is 33.2. The lowest BCUT2D eigenvalue weighted by Crippen LogP contribution is -2.38. The van der Waals surface area contributed by atoms with Crippen LogP contribution in [0.3, 0.4) is 0 Å². The molecule has 152 valence electrons. The van der Waals surface area contributed by atoms with Gasteiger partial charge in [0.05, 0.1) is 5.39 Å². The normalized spacial score (nSPS) is 14.6. The molecule has 0 saturated heterocycles. The number of aryl methyl sites for hydroxylation is 3. The van der Waals surface area contributed by atoms with Gasteiger partial charge in [0.2, 0.25) is 5.91 Å². The summed E-state index contributed by atoms with van der Waals surface area (Å²) in [6, 6.07) is 8.03. The number of nitrogens with zero attached hydrogens (tertiary/aromatic N) is 2. The summed E-state index contributed by atoms with van der Waals surface area (Å²) in [5, 5.41) is 3.70. The average molecular weight is 410 g/mol. The topological polar surface area (TPSA) is 64.0 Å². The van der Waals surface area contributed by atoms with Gasteiger partial charge >= 0.3 is 0 Å². The minimum absolute atomic E-state index is 0.0139. The van der Waals surface area contributed by atoms with E-state index in [4.69, 9.17) is 4.98 Å². The van der Waals surface area contributed by atoms with Crippen molar-refractivity contribution in [3.63, 3.8) is 0 Å². The Balaban J connectivity index is 1.89. The Hall–Kier alpha value is -2.47. The molecule has 2 aromatic heterocycles. The van der Waals surface area contributed by atoms with E-state index in [9.17, 15) is 9.59 Å². The van der Waals surface area contributed by atoms with Gasteiger partial charge < -0.3 is 5.32 Å². The molecule has 4 rings (SSSR count). The van der Waals surface area contributed by atoms with Crippen molar-refractivity contribution in [2.75, 3.05) is 0 Å². The van der Waals surface area contributed by atoms with E-state index in [-0.39, 0.29) is 24.1 Å². The highest BCUT2D eigenvalue weighted by Gasteiger charge is 2.23. The first-order chi connectivity index (χ1) is 14.0. The summed E-state index contributed by atoms with van der Waals surface area (Å²) in [7, 11) is 0. The third kappa shape index (κ3) is 3.86. The van der Waals surface area contributed by atoms with Crippen LogP contribution in [-0.4, -0.2) is 21.5 Å². The Bertz CT molecular complexity index is 1130. The summed E-state index contributed by atoms with van der Waals surface area (Å²) in [5.41, 5.74) is 3.02. The Morgan fingerprint density at radius 2 is 2.10 bits per heavy atom. The first kappa shape index (κ1) is 19.8. The molecule has 1 N–H and O–H groups in total. The molecule has 0 aliphatic heterocycles. The SMILES string of the molecule is CCC(C)NC(=O)Cn1c(-c2cccc(C)c2)nc2sc3c(c2c1=O)CCCC3. The van der Waals surface area contributed by atoms with Gasteiger partial charge in [-0.15, -0.1) is 11.3 Å². The van der Waals surface area contributed by atoms with Gasteiger partial charge in [-0.2, -0.15) is 0 Å². The number of hydrogen-bond acceptors (Lipinski definition) is 4. The van der Waals surface area contributed by atoms with E-state index in [0.29, 0.717) is 5.82 Å². The second-order valence-electron chi connectivity index (χ2n) is 7.96. The summed E-state index contributed by atoms with van der Waals surface area (Å²) < 4.78 is 1.57. The summed E-state index contributed by atoms with van der Waals surface area (Å²) >= 11 is 1.64. The van der Waals surface area contributed by atoms with Crippen molar-refractivity contribution in [2.45, 2.75) is 65.5 Å². The van der Waals surface area contributed by atoms with E-state index in [1.165, 1.54) is 4.88 Å². The van der Waals surface area contributed by atoms with Gasteiger partial charge in [0.1, 0.15) is 17.2 Å². The molecular formula is C23H27N3O2S. The molecule has 0 bridgehead atoms. The van der Waals surface area contributed by atoms with Gasteiger partial charge in [0.25, 0.3) is 5.56 Å². The molecule has 1 amide bonds. The highest BCUT2D eigenvalue weighted by atomic mass is 32.1. The second-order valence-corrected chi connectivity index (χ2v) is 9.05. The van der Waals surface area contributed by atoms with Crippen molar-refractivity contribution in [3.8, 4) is 11.4 Å². The van der Waals surface area contributed by atoms with Crippen molar-refractivity contribution in [1.82, 2.24) is 14.9 Å². The monoisotopic (exact) mass is 409 g/mol. The molecule has 3 aromatic rings. The van der Waals surface area contributed by atoms with Gasteiger partial charge in [-0.25, -0.2) is 4.98 Å². The predicted octanol–water partition coefficient (Wildman–Crippen LogP) is 4.23. The maximum absolute atomic E-state index is 13.6. The van der Waals surface area contributed by atoms with Crippen LogP contribution in [0, 0.1) is 6.92 Å². The zero-order valence-corrected chi connectivity index (χ0v) is 18.1. The van der Waals surface area contributed by atoms with E-state index < -0.39 is 0 Å². The third-order valence-corrected chi connectivity index (χ3v) is 6.86. The number of hydrogen-bond donors (Lipinski definition) is 1. The molecule has 1 aromatic carbocycles. The Morgan fingerprint density at radius 1 is 1.31 bits per heavy atom. The van der Waals surface area contributed by atoms with Gasteiger partial charge in [0.15, 0.2) is 0 Å². The first-order valence-electron chi connectivity index (χ1n) is 10.4. The molecule has 0 saturated carbocycles. The number of carbonyl (C=O) groups is 1. The van der Waals surface area contributed by atoms with Crippen molar-refractivity contribution in [3.05, 3.63) is 50.6 Å². The predicted molar refractivity (Wildman–Crippen MR) is 119 cm³/mol. The zero-order valence-electron chi connectivity index (χ0n) is 17.2. The minimum Gasteiger partial charge on any atom is -0.352 e. The van der Waals surface area contributed by atoms with Gasteiger partial charge in [-0.3, -0.25) is 14.2 Å². The number of amides is 1. The number of aromatic nitrogens is 2. The molecule has 5 nitrogen and oxygen atoms in total. The molecule has 0 fully saturated rings. The van der Waals surface area contributed by atoms with Crippen LogP contribution in [0.1, 0.15) is 49.1 Å². The van der Waals surface area contributed by atoms with Crippen LogP contribution < -0.4 is 10.9 Å². The van der Waals surface area contributed by atoms with E-state index in [1.807, 2.05) is 45.0 Å². The number of fused-ring (bicyclic) bond motifs is 3.